The standard InChI is InChI=1S/C17H19NO2/c1-3-7-17(14-10-12-16(20-2)13-11-14)18(19)15-8-5-4-6-9-15/h3-6,8-13,17,19H,1,7H2,2H3. The van der Waals surface area contributed by atoms with Crippen LogP contribution in [-0.2, 0) is 0 Å². The summed E-state index contributed by atoms with van der Waals surface area (Å²) in [6.07, 6.45) is 2.46. The number of hydrogen-bond donors (Lipinski definition) is 1. The first-order valence-electron chi connectivity index (χ1n) is 6.54. The van der Waals surface area contributed by atoms with Gasteiger partial charge in [-0.05, 0) is 36.2 Å². The van der Waals surface area contributed by atoms with Crippen LogP contribution < -0.4 is 9.80 Å². The highest BCUT2D eigenvalue weighted by Crippen LogP contribution is 2.29. The van der Waals surface area contributed by atoms with Gasteiger partial charge in [-0.1, -0.05) is 36.4 Å². The maximum atomic E-state index is 10.4. The summed E-state index contributed by atoms with van der Waals surface area (Å²) in [6.45, 7) is 3.77. The molecule has 0 heterocycles. The molecule has 1 unspecified atom stereocenters. The summed E-state index contributed by atoms with van der Waals surface area (Å²) in [5.74, 6) is 0.801. The minimum atomic E-state index is -0.166. The first kappa shape index (κ1) is 14.2. The molecule has 2 aromatic carbocycles. The number of anilines is 1. The maximum Gasteiger partial charge on any atom is 0.118 e. The van der Waals surface area contributed by atoms with E-state index in [0.717, 1.165) is 17.0 Å². The zero-order chi connectivity index (χ0) is 14.4. The zero-order valence-corrected chi connectivity index (χ0v) is 11.6. The van der Waals surface area contributed by atoms with E-state index in [-0.39, 0.29) is 6.04 Å². The summed E-state index contributed by atoms with van der Waals surface area (Å²) in [7, 11) is 1.64. The molecule has 3 heteroatoms. The Hall–Kier alpha value is -2.26. The third-order valence-corrected chi connectivity index (χ3v) is 3.21. The highest BCUT2D eigenvalue weighted by molar-refractivity contribution is 5.46. The number of hydroxylamine groups is 1. The normalized spacial score (nSPS) is 11.7. The van der Waals surface area contributed by atoms with Crippen LogP contribution in [0.1, 0.15) is 18.0 Å². The van der Waals surface area contributed by atoms with E-state index in [4.69, 9.17) is 4.74 Å². The maximum absolute atomic E-state index is 10.4. The van der Waals surface area contributed by atoms with Crippen molar-refractivity contribution in [2.24, 2.45) is 0 Å². The first-order chi connectivity index (χ1) is 9.76. The molecule has 104 valence electrons. The van der Waals surface area contributed by atoms with Gasteiger partial charge in [-0.2, -0.15) is 0 Å². The van der Waals surface area contributed by atoms with Gasteiger partial charge in [-0.15, -0.1) is 6.58 Å². The van der Waals surface area contributed by atoms with Crippen molar-refractivity contribution >= 4 is 5.69 Å². The quantitative estimate of drug-likeness (QED) is 0.630. The number of para-hydroxylation sites is 1. The van der Waals surface area contributed by atoms with Crippen LogP contribution in [0.15, 0.2) is 67.3 Å². The van der Waals surface area contributed by atoms with Gasteiger partial charge in [0.2, 0.25) is 0 Å². The fraction of sp³-hybridized carbons (Fsp3) is 0.176. The number of rotatable bonds is 6. The molecule has 0 radical (unpaired) electrons. The third kappa shape index (κ3) is 3.19. The van der Waals surface area contributed by atoms with Crippen molar-refractivity contribution < 1.29 is 9.94 Å². The lowest BCUT2D eigenvalue weighted by atomic mass is 10.0. The molecular weight excluding hydrogens is 250 g/mol. The summed E-state index contributed by atoms with van der Waals surface area (Å²) in [5.41, 5.74) is 1.77. The summed E-state index contributed by atoms with van der Waals surface area (Å²) >= 11 is 0. The molecule has 0 aliphatic rings. The second-order valence-electron chi connectivity index (χ2n) is 4.49. The molecule has 0 fully saturated rings. The van der Waals surface area contributed by atoms with Crippen molar-refractivity contribution in [1.29, 1.82) is 0 Å². The Bertz CT molecular complexity index is 537. The Labute approximate surface area is 119 Å². The van der Waals surface area contributed by atoms with E-state index in [0.29, 0.717) is 6.42 Å². The summed E-state index contributed by atoms with van der Waals surface area (Å²) < 4.78 is 5.16. The molecule has 2 rings (SSSR count). The van der Waals surface area contributed by atoms with Crippen molar-refractivity contribution in [1.82, 2.24) is 0 Å². The van der Waals surface area contributed by atoms with E-state index in [2.05, 4.69) is 6.58 Å². The second kappa shape index (κ2) is 6.78. The van der Waals surface area contributed by atoms with Gasteiger partial charge >= 0.3 is 0 Å². The molecule has 0 aliphatic heterocycles. The van der Waals surface area contributed by atoms with Gasteiger partial charge in [0.05, 0.1) is 18.8 Å². The summed E-state index contributed by atoms with van der Waals surface area (Å²) in [5, 5.41) is 11.7. The lowest BCUT2D eigenvalue weighted by Gasteiger charge is -2.27. The van der Waals surface area contributed by atoms with Crippen molar-refractivity contribution in [3.8, 4) is 5.75 Å². The van der Waals surface area contributed by atoms with E-state index < -0.39 is 0 Å². The number of methoxy groups -OCH3 is 1. The molecule has 2 aromatic rings. The van der Waals surface area contributed by atoms with Crippen LogP contribution in [-0.4, -0.2) is 12.3 Å². The second-order valence-corrected chi connectivity index (χ2v) is 4.49. The number of nitrogens with zero attached hydrogens (tertiary/aromatic N) is 1. The average Bonchev–Trinajstić information content (AvgIpc) is 2.53. The van der Waals surface area contributed by atoms with Crippen LogP contribution in [0.4, 0.5) is 5.69 Å². The van der Waals surface area contributed by atoms with E-state index in [9.17, 15) is 5.21 Å². The molecular formula is C17H19NO2. The molecule has 0 saturated carbocycles. The summed E-state index contributed by atoms with van der Waals surface area (Å²) in [6, 6.07) is 17.0. The first-order valence-corrected chi connectivity index (χ1v) is 6.54. The Morgan fingerprint density at radius 3 is 2.35 bits per heavy atom. The van der Waals surface area contributed by atoms with Gasteiger partial charge in [-0.25, -0.2) is 5.06 Å². The topological polar surface area (TPSA) is 32.7 Å². The van der Waals surface area contributed by atoms with Crippen LogP contribution in [0.5, 0.6) is 5.75 Å². The number of hydrogen-bond acceptors (Lipinski definition) is 3. The average molecular weight is 269 g/mol. The predicted octanol–water partition coefficient (Wildman–Crippen LogP) is 4.21. The minimum absolute atomic E-state index is 0.166. The van der Waals surface area contributed by atoms with Crippen LogP contribution in [0.2, 0.25) is 0 Å². The summed E-state index contributed by atoms with van der Waals surface area (Å²) in [4.78, 5) is 0. The van der Waals surface area contributed by atoms with Gasteiger partial charge < -0.3 is 4.74 Å². The van der Waals surface area contributed by atoms with Gasteiger partial charge in [0.1, 0.15) is 5.75 Å². The fourth-order valence-electron chi connectivity index (χ4n) is 2.12. The molecule has 20 heavy (non-hydrogen) atoms. The fourth-order valence-corrected chi connectivity index (χ4v) is 2.12. The van der Waals surface area contributed by atoms with Crippen molar-refractivity contribution in [2.75, 3.05) is 12.2 Å². The molecule has 3 nitrogen and oxygen atoms in total. The predicted molar refractivity (Wildman–Crippen MR) is 81.3 cm³/mol. The van der Waals surface area contributed by atoms with Crippen molar-refractivity contribution in [3.63, 3.8) is 0 Å². The molecule has 0 spiro atoms. The molecule has 0 aliphatic carbocycles. The van der Waals surface area contributed by atoms with Crippen LogP contribution >= 0.6 is 0 Å². The van der Waals surface area contributed by atoms with Gasteiger partial charge in [0.15, 0.2) is 0 Å². The van der Waals surface area contributed by atoms with Crippen LogP contribution in [0, 0.1) is 0 Å². The van der Waals surface area contributed by atoms with Gasteiger partial charge in [0.25, 0.3) is 0 Å². The molecule has 0 saturated heterocycles. The van der Waals surface area contributed by atoms with Crippen molar-refractivity contribution in [3.05, 3.63) is 72.8 Å². The number of benzene rings is 2. The molecule has 0 bridgehead atoms. The molecule has 1 N–H and O–H groups in total. The Morgan fingerprint density at radius 1 is 1.15 bits per heavy atom. The van der Waals surface area contributed by atoms with E-state index in [1.165, 1.54) is 5.06 Å². The van der Waals surface area contributed by atoms with Crippen LogP contribution in [0.3, 0.4) is 0 Å². The monoisotopic (exact) mass is 269 g/mol. The van der Waals surface area contributed by atoms with Crippen LogP contribution in [0.25, 0.3) is 0 Å². The molecule has 1 atom stereocenters. The largest absolute Gasteiger partial charge is 0.497 e. The number of ether oxygens (including phenoxy) is 1. The van der Waals surface area contributed by atoms with Gasteiger partial charge in [0, 0.05) is 0 Å². The highest BCUT2D eigenvalue weighted by atomic mass is 16.5. The van der Waals surface area contributed by atoms with Crippen molar-refractivity contribution in [2.45, 2.75) is 12.5 Å². The highest BCUT2D eigenvalue weighted by Gasteiger charge is 2.18. The van der Waals surface area contributed by atoms with E-state index in [1.54, 1.807) is 13.2 Å². The Kier molecular flexibility index (Phi) is 4.80. The lowest BCUT2D eigenvalue weighted by molar-refractivity contribution is 0.216. The minimum Gasteiger partial charge on any atom is -0.497 e. The third-order valence-electron chi connectivity index (χ3n) is 3.21. The Balaban J connectivity index is 2.27. The van der Waals surface area contributed by atoms with E-state index >= 15 is 0 Å². The SMILES string of the molecule is C=CCC(c1ccc(OC)cc1)N(O)c1ccccc1. The van der Waals surface area contributed by atoms with Gasteiger partial charge in [-0.3, -0.25) is 5.21 Å². The van der Waals surface area contributed by atoms with E-state index in [1.807, 2.05) is 54.6 Å². The zero-order valence-electron chi connectivity index (χ0n) is 11.6. The lowest BCUT2D eigenvalue weighted by Crippen LogP contribution is -2.24. The Morgan fingerprint density at radius 2 is 1.80 bits per heavy atom. The molecule has 0 amide bonds. The smallest absolute Gasteiger partial charge is 0.118 e. The molecule has 0 aromatic heterocycles.